The molecule has 0 aliphatic carbocycles. The summed E-state index contributed by atoms with van der Waals surface area (Å²) in [5, 5.41) is 13.4. The fourth-order valence-corrected chi connectivity index (χ4v) is 3.92. The predicted octanol–water partition coefficient (Wildman–Crippen LogP) is 4.32. The molecular weight excluding hydrogens is 414 g/mol. The summed E-state index contributed by atoms with van der Waals surface area (Å²) in [7, 11) is -3.88. The first-order valence-corrected chi connectivity index (χ1v) is 10.5. The second-order valence-electron chi connectivity index (χ2n) is 7.52. The van der Waals surface area contributed by atoms with Gasteiger partial charge in [-0.25, -0.2) is 17.9 Å². The quantitative estimate of drug-likeness (QED) is 0.623. The second-order valence-corrected chi connectivity index (χ2v) is 9.64. The van der Waals surface area contributed by atoms with Crippen LogP contribution in [0.25, 0.3) is 5.69 Å². The van der Waals surface area contributed by atoms with Crippen LogP contribution in [0.5, 0.6) is 0 Å². The summed E-state index contributed by atoms with van der Waals surface area (Å²) in [5.41, 5.74) is 1.41. The van der Waals surface area contributed by atoms with Crippen molar-refractivity contribution in [2.45, 2.75) is 31.1 Å². The van der Waals surface area contributed by atoms with Gasteiger partial charge in [0.25, 0.3) is 10.0 Å². The van der Waals surface area contributed by atoms with E-state index in [1.807, 2.05) is 20.8 Å². The van der Waals surface area contributed by atoms with E-state index in [0.717, 1.165) is 5.56 Å². The molecular formula is C20H20ClN3O4S. The number of benzene rings is 2. The van der Waals surface area contributed by atoms with Crippen LogP contribution in [0.1, 0.15) is 36.7 Å². The number of carbonyl (C=O) groups is 1. The fourth-order valence-electron chi connectivity index (χ4n) is 2.68. The molecule has 152 valence electrons. The van der Waals surface area contributed by atoms with E-state index < -0.39 is 16.0 Å². The molecule has 0 aliphatic heterocycles. The predicted molar refractivity (Wildman–Crippen MR) is 111 cm³/mol. The molecule has 3 aromatic rings. The smallest absolute Gasteiger partial charge is 0.338 e. The van der Waals surface area contributed by atoms with Crippen LogP contribution in [0.15, 0.2) is 59.8 Å². The van der Waals surface area contributed by atoms with Crippen molar-refractivity contribution in [1.82, 2.24) is 9.78 Å². The first-order valence-electron chi connectivity index (χ1n) is 8.69. The minimum absolute atomic E-state index is 0.0310. The lowest BCUT2D eigenvalue weighted by molar-refractivity contribution is 0.0697. The van der Waals surface area contributed by atoms with Crippen LogP contribution in [-0.2, 0) is 15.4 Å². The van der Waals surface area contributed by atoms with Gasteiger partial charge in [0.15, 0.2) is 0 Å². The van der Waals surface area contributed by atoms with Gasteiger partial charge in [0.1, 0.15) is 0 Å². The van der Waals surface area contributed by atoms with E-state index in [4.69, 9.17) is 16.7 Å². The first-order chi connectivity index (χ1) is 13.5. The van der Waals surface area contributed by atoms with E-state index in [0.29, 0.717) is 10.7 Å². The third-order valence-electron chi connectivity index (χ3n) is 4.31. The summed E-state index contributed by atoms with van der Waals surface area (Å²) in [4.78, 5) is 11.2. The average Bonchev–Trinajstić information content (AvgIpc) is 3.13. The Morgan fingerprint density at radius 1 is 1.14 bits per heavy atom. The van der Waals surface area contributed by atoms with Crippen LogP contribution in [0, 0.1) is 0 Å². The monoisotopic (exact) mass is 433 g/mol. The minimum Gasteiger partial charge on any atom is -0.478 e. The van der Waals surface area contributed by atoms with Crippen LogP contribution in [0.2, 0.25) is 5.02 Å². The standard InChI is InChI=1S/C20H20ClN3O4S/c1-20(2,3)14-4-7-16(8-5-14)29(27,28)23-17-9-6-15(21)10-18(17)24-12-13(11-22-24)19(25)26/h4-12,23H,1-3H3,(H,25,26). The highest BCUT2D eigenvalue weighted by molar-refractivity contribution is 7.92. The molecule has 0 saturated heterocycles. The number of anilines is 1. The maximum atomic E-state index is 12.9. The molecule has 29 heavy (non-hydrogen) atoms. The van der Waals surface area contributed by atoms with Gasteiger partial charge < -0.3 is 5.11 Å². The zero-order valence-electron chi connectivity index (χ0n) is 16.0. The highest BCUT2D eigenvalue weighted by atomic mass is 35.5. The molecule has 2 N–H and O–H groups in total. The van der Waals surface area contributed by atoms with E-state index in [1.54, 1.807) is 24.3 Å². The second kappa shape index (κ2) is 7.53. The molecule has 0 radical (unpaired) electrons. The van der Waals surface area contributed by atoms with Gasteiger partial charge in [0, 0.05) is 11.2 Å². The number of nitrogens with one attached hydrogen (secondary N) is 1. The molecule has 0 atom stereocenters. The molecule has 0 unspecified atom stereocenters. The number of aromatic nitrogens is 2. The molecule has 0 saturated carbocycles. The molecule has 0 fully saturated rings. The van der Waals surface area contributed by atoms with Gasteiger partial charge in [0.05, 0.1) is 28.0 Å². The maximum Gasteiger partial charge on any atom is 0.338 e. The molecule has 2 aromatic carbocycles. The van der Waals surface area contributed by atoms with Gasteiger partial charge in [-0.05, 0) is 41.3 Å². The number of sulfonamides is 1. The van der Waals surface area contributed by atoms with Gasteiger partial charge in [0.2, 0.25) is 0 Å². The van der Waals surface area contributed by atoms with Crippen molar-refractivity contribution < 1.29 is 18.3 Å². The molecule has 9 heteroatoms. The van der Waals surface area contributed by atoms with Crippen LogP contribution in [-0.4, -0.2) is 29.3 Å². The molecule has 7 nitrogen and oxygen atoms in total. The average molecular weight is 434 g/mol. The summed E-state index contributed by atoms with van der Waals surface area (Å²) >= 11 is 6.05. The number of rotatable bonds is 5. The lowest BCUT2D eigenvalue weighted by Gasteiger charge is -2.19. The lowest BCUT2D eigenvalue weighted by atomic mass is 9.87. The number of hydrogen-bond acceptors (Lipinski definition) is 4. The van der Waals surface area contributed by atoms with Crippen molar-refractivity contribution in [1.29, 1.82) is 0 Å². The number of nitrogens with zero attached hydrogens (tertiary/aromatic N) is 2. The number of carboxylic acids is 1. The molecule has 0 amide bonds. The molecule has 0 spiro atoms. The van der Waals surface area contributed by atoms with Gasteiger partial charge in [-0.2, -0.15) is 5.10 Å². The van der Waals surface area contributed by atoms with Crippen LogP contribution in [0.3, 0.4) is 0 Å². The third-order valence-corrected chi connectivity index (χ3v) is 5.93. The molecule has 0 bridgehead atoms. The Balaban J connectivity index is 1.98. The van der Waals surface area contributed by atoms with Gasteiger partial charge >= 0.3 is 5.97 Å². The summed E-state index contributed by atoms with van der Waals surface area (Å²) in [6.45, 7) is 6.14. The fraction of sp³-hybridized carbons (Fsp3) is 0.200. The Labute approximate surface area is 174 Å². The Morgan fingerprint density at radius 2 is 1.79 bits per heavy atom. The zero-order valence-corrected chi connectivity index (χ0v) is 17.6. The first kappa shape index (κ1) is 20.9. The van der Waals surface area contributed by atoms with E-state index in [-0.39, 0.29) is 21.6 Å². The summed E-state index contributed by atoms with van der Waals surface area (Å²) < 4.78 is 29.5. The summed E-state index contributed by atoms with van der Waals surface area (Å²) in [6.07, 6.45) is 2.46. The Kier molecular flexibility index (Phi) is 5.42. The van der Waals surface area contributed by atoms with Crippen LogP contribution < -0.4 is 4.72 Å². The number of hydrogen-bond donors (Lipinski definition) is 2. The van der Waals surface area contributed by atoms with Crippen LogP contribution in [0.4, 0.5) is 5.69 Å². The maximum absolute atomic E-state index is 12.9. The SMILES string of the molecule is CC(C)(C)c1ccc(S(=O)(=O)Nc2ccc(Cl)cc2-n2cc(C(=O)O)cn2)cc1. The van der Waals surface area contributed by atoms with Crippen molar-refractivity contribution in [3.8, 4) is 5.69 Å². The number of carboxylic acid groups (broad SMARTS) is 1. The number of halogens is 1. The molecule has 1 heterocycles. The number of aromatic carboxylic acids is 1. The molecule has 0 aliphatic rings. The van der Waals surface area contributed by atoms with Gasteiger partial charge in [-0.3, -0.25) is 4.72 Å². The van der Waals surface area contributed by atoms with Gasteiger partial charge in [-0.1, -0.05) is 44.5 Å². The Bertz CT molecular complexity index is 1160. The largest absolute Gasteiger partial charge is 0.478 e. The van der Waals surface area contributed by atoms with E-state index in [9.17, 15) is 13.2 Å². The molecule has 3 rings (SSSR count). The van der Waals surface area contributed by atoms with Crippen molar-refractivity contribution in [3.63, 3.8) is 0 Å². The summed E-state index contributed by atoms with van der Waals surface area (Å²) in [5.74, 6) is -1.14. The lowest BCUT2D eigenvalue weighted by Crippen LogP contribution is -2.16. The van der Waals surface area contributed by atoms with Crippen LogP contribution >= 0.6 is 11.6 Å². The van der Waals surface area contributed by atoms with Crippen molar-refractivity contribution in [2.24, 2.45) is 0 Å². The van der Waals surface area contributed by atoms with E-state index in [2.05, 4.69) is 9.82 Å². The van der Waals surface area contributed by atoms with E-state index >= 15 is 0 Å². The van der Waals surface area contributed by atoms with E-state index in [1.165, 1.54) is 35.3 Å². The Hall–Kier alpha value is -2.84. The minimum atomic E-state index is -3.88. The Morgan fingerprint density at radius 3 is 2.34 bits per heavy atom. The highest BCUT2D eigenvalue weighted by Crippen LogP contribution is 2.28. The van der Waals surface area contributed by atoms with Crippen molar-refractivity contribution >= 4 is 33.3 Å². The van der Waals surface area contributed by atoms with Gasteiger partial charge in [-0.15, -0.1) is 0 Å². The third kappa shape index (κ3) is 4.60. The highest BCUT2D eigenvalue weighted by Gasteiger charge is 2.20. The van der Waals surface area contributed by atoms with Crippen molar-refractivity contribution in [3.05, 3.63) is 71.0 Å². The topological polar surface area (TPSA) is 101 Å². The van der Waals surface area contributed by atoms with Crippen molar-refractivity contribution in [2.75, 3.05) is 4.72 Å². The summed E-state index contributed by atoms with van der Waals surface area (Å²) in [6, 6.07) is 11.2. The normalized spacial score (nSPS) is 12.0. The zero-order chi connectivity index (χ0) is 21.4. The molecule has 1 aromatic heterocycles.